The van der Waals surface area contributed by atoms with Crippen LogP contribution in [0.4, 0.5) is 0 Å². The Balaban J connectivity index is 1.65. The number of carbonyl (C=O) groups excluding carboxylic acids is 2. The molecule has 0 fully saturated rings. The summed E-state index contributed by atoms with van der Waals surface area (Å²) in [6.45, 7) is 4.01. The van der Waals surface area contributed by atoms with Gasteiger partial charge in [0, 0.05) is 12.4 Å². The van der Waals surface area contributed by atoms with E-state index < -0.39 is 5.91 Å². The van der Waals surface area contributed by atoms with Gasteiger partial charge in [0.2, 0.25) is 5.91 Å². The molecule has 8 heteroatoms. The fourth-order valence-corrected chi connectivity index (χ4v) is 2.76. The number of carbonyl (C=O) groups is 2. The largest absolute Gasteiger partial charge is 0.345 e. The van der Waals surface area contributed by atoms with E-state index >= 15 is 0 Å². The van der Waals surface area contributed by atoms with E-state index in [4.69, 9.17) is 0 Å². The number of imidazole rings is 1. The van der Waals surface area contributed by atoms with Gasteiger partial charge in [-0.2, -0.15) is 0 Å². The summed E-state index contributed by atoms with van der Waals surface area (Å²) in [6, 6.07) is 7.46. The molecule has 0 aliphatic heterocycles. The Morgan fingerprint density at radius 3 is 2.70 bits per heavy atom. The van der Waals surface area contributed by atoms with Crippen LogP contribution in [0.25, 0.3) is 11.0 Å². The molecular formula is C19H22N6O2. The van der Waals surface area contributed by atoms with E-state index in [-0.39, 0.29) is 24.2 Å². The maximum Gasteiger partial charge on any atom is 0.271 e. The molecule has 3 aromatic rings. The summed E-state index contributed by atoms with van der Waals surface area (Å²) in [5.74, 6) is 0.331. The second-order valence-corrected chi connectivity index (χ2v) is 6.66. The quantitative estimate of drug-likeness (QED) is 0.592. The summed E-state index contributed by atoms with van der Waals surface area (Å²) in [6.07, 6.45) is 4.98. The number of hydrogen-bond donors (Lipinski definition) is 3. The molecule has 0 radical (unpaired) electrons. The Morgan fingerprint density at radius 1 is 1.19 bits per heavy atom. The van der Waals surface area contributed by atoms with Crippen molar-refractivity contribution in [3.63, 3.8) is 0 Å². The van der Waals surface area contributed by atoms with Crippen molar-refractivity contribution in [1.29, 1.82) is 0 Å². The predicted octanol–water partition coefficient (Wildman–Crippen LogP) is 1.99. The van der Waals surface area contributed by atoms with Crippen molar-refractivity contribution in [3.8, 4) is 0 Å². The molecule has 1 atom stereocenters. The van der Waals surface area contributed by atoms with Crippen molar-refractivity contribution in [2.75, 3.05) is 6.54 Å². The van der Waals surface area contributed by atoms with Gasteiger partial charge in [0.05, 0.1) is 29.8 Å². The van der Waals surface area contributed by atoms with Crippen molar-refractivity contribution in [2.24, 2.45) is 5.92 Å². The lowest BCUT2D eigenvalue weighted by Gasteiger charge is -2.19. The second-order valence-electron chi connectivity index (χ2n) is 6.66. The topological polar surface area (TPSA) is 113 Å². The number of hydrogen-bond acceptors (Lipinski definition) is 5. The first kappa shape index (κ1) is 18.5. The number of rotatable bonds is 7. The molecule has 0 aliphatic carbocycles. The van der Waals surface area contributed by atoms with Crippen LogP contribution in [0.2, 0.25) is 0 Å². The van der Waals surface area contributed by atoms with Crippen LogP contribution in [0.1, 0.15) is 42.6 Å². The highest BCUT2D eigenvalue weighted by molar-refractivity contribution is 5.94. The predicted molar refractivity (Wildman–Crippen MR) is 101 cm³/mol. The highest BCUT2D eigenvalue weighted by atomic mass is 16.2. The Kier molecular flexibility index (Phi) is 5.75. The summed E-state index contributed by atoms with van der Waals surface area (Å²) in [5, 5.41) is 5.50. The number of H-pyrrole nitrogens is 1. The van der Waals surface area contributed by atoms with E-state index in [2.05, 4.69) is 44.4 Å². The molecule has 3 rings (SSSR count). The summed E-state index contributed by atoms with van der Waals surface area (Å²) < 4.78 is 0. The van der Waals surface area contributed by atoms with Crippen molar-refractivity contribution in [3.05, 3.63) is 54.4 Å². The zero-order valence-electron chi connectivity index (χ0n) is 15.3. The summed E-state index contributed by atoms with van der Waals surface area (Å²) in [4.78, 5) is 39.9. The highest BCUT2D eigenvalue weighted by Gasteiger charge is 2.20. The van der Waals surface area contributed by atoms with E-state index in [1.807, 2.05) is 24.3 Å². The third-order valence-electron chi connectivity index (χ3n) is 3.99. The minimum atomic E-state index is -0.442. The monoisotopic (exact) mass is 366 g/mol. The van der Waals surface area contributed by atoms with Gasteiger partial charge in [0.15, 0.2) is 0 Å². The van der Waals surface area contributed by atoms with Crippen LogP contribution in [-0.2, 0) is 4.79 Å². The molecule has 1 aromatic carbocycles. The minimum Gasteiger partial charge on any atom is -0.345 e. The number of amides is 2. The van der Waals surface area contributed by atoms with E-state index in [1.165, 1.54) is 18.6 Å². The first-order valence-electron chi connectivity index (χ1n) is 8.81. The van der Waals surface area contributed by atoms with Crippen molar-refractivity contribution < 1.29 is 9.59 Å². The van der Waals surface area contributed by atoms with Crippen LogP contribution in [0.3, 0.4) is 0 Å². The Hall–Kier alpha value is -3.29. The molecule has 0 spiro atoms. The van der Waals surface area contributed by atoms with Crippen molar-refractivity contribution >= 4 is 22.8 Å². The third-order valence-corrected chi connectivity index (χ3v) is 3.99. The molecule has 140 valence electrons. The molecule has 2 amide bonds. The molecule has 0 unspecified atom stereocenters. The number of benzene rings is 1. The normalized spacial score (nSPS) is 12.1. The van der Waals surface area contributed by atoms with Crippen LogP contribution in [-0.4, -0.2) is 38.3 Å². The van der Waals surface area contributed by atoms with E-state index in [0.29, 0.717) is 11.7 Å². The van der Waals surface area contributed by atoms with Crippen LogP contribution in [0.15, 0.2) is 42.9 Å². The summed E-state index contributed by atoms with van der Waals surface area (Å²) >= 11 is 0. The SMILES string of the molecule is CC(C)C[C@@H](NC(=O)CNC(=O)c1cnccn1)c1nc2ccccc2[nH]1. The zero-order valence-corrected chi connectivity index (χ0v) is 15.3. The van der Waals surface area contributed by atoms with Gasteiger partial charge in [0.1, 0.15) is 11.5 Å². The number of para-hydroxylation sites is 2. The molecule has 27 heavy (non-hydrogen) atoms. The number of aromatic nitrogens is 4. The van der Waals surface area contributed by atoms with Gasteiger partial charge >= 0.3 is 0 Å². The summed E-state index contributed by atoms with van der Waals surface area (Å²) in [5.41, 5.74) is 1.94. The third kappa shape index (κ3) is 4.87. The van der Waals surface area contributed by atoms with Crippen LogP contribution in [0.5, 0.6) is 0 Å². The van der Waals surface area contributed by atoms with E-state index in [1.54, 1.807) is 0 Å². The van der Waals surface area contributed by atoms with Crippen LogP contribution in [0, 0.1) is 5.92 Å². The molecule has 0 saturated carbocycles. The van der Waals surface area contributed by atoms with Gasteiger partial charge < -0.3 is 15.6 Å². The van der Waals surface area contributed by atoms with E-state index in [9.17, 15) is 9.59 Å². The fraction of sp³-hybridized carbons (Fsp3) is 0.316. The zero-order chi connectivity index (χ0) is 19.2. The number of aromatic amines is 1. The van der Waals surface area contributed by atoms with E-state index in [0.717, 1.165) is 17.5 Å². The maximum atomic E-state index is 12.4. The molecule has 3 N–H and O–H groups in total. The first-order chi connectivity index (χ1) is 13.0. The lowest BCUT2D eigenvalue weighted by molar-refractivity contribution is -0.121. The van der Waals surface area contributed by atoms with Gasteiger partial charge in [-0.05, 0) is 24.5 Å². The number of fused-ring (bicyclic) bond motifs is 1. The fourth-order valence-electron chi connectivity index (χ4n) is 2.76. The lowest BCUT2D eigenvalue weighted by Crippen LogP contribution is -2.39. The summed E-state index contributed by atoms with van der Waals surface area (Å²) in [7, 11) is 0. The maximum absolute atomic E-state index is 12.4. The molecule has 0 bridgehead atoms. The molecule has 2 aromatic heterocycles. The van der Waals surface area contributed by atoms with Crippen LogP contribution < -0.4 is 10.6 Å². The Bertz CT molecular complexity index is 889. The average Bonchev–Trinajstić information content (AvgIpc) is 3.10. The smallest absolute Gasteiger partial charge is 0.271 e. The first-order valence-corrected chi connectivity index (χ1v) is 8.81. The lowest BCUT2D eigenvalue weighted by atomic mass is 10.0. The second kappa shape index (κ2) is 8.39. The molecule has 2 heterocycles. The molecule has 0 saturated heterocycles. The number of nitrogens with zero attached hydrogens (tertiary/aromatic N) is 3. The van der Waals surface area contributed by atoms with Gasteiger partial charge in [-0.3, -0.25) is 14.6 Å². The Labute approximate surface area is 156 Å². The van der Waals surface area contributed by atoms with Gasteiger partial charge in [-0.1, -0.05) is 26.0 Å². The minimum absolute atomic E-state index is 0.149. The van der Waals surface area contributed by atoms with Crippen molar-refractivity contribution in [1.82, 2.24) is 30.6 Å². The Morgan fingerprint density at radius 2 is 2.00 bits per heavy atom. The van der Waals surface area contributed by atoms with Crippen LogP contribution >= 0.6 is 0 Å². The number of nitrogens with one attached hydrogen (secondary N) is 3. The van der Waals surface area contributed by atoms with Crippen molar-refractivity contribution in [2.45, 2.75) is 26.3 Å². The van der Waals surface area contributed by atoms with Gasteiger partial charge in [-0.15, -0.1) is 0 Å². The molecular weight excluding hydrogens is 344 g/mol. The molecule has 8 nitrogen and oxygen atoms in total. The molecule has 0 aliphatic rings. The van der Waals surface area contributed by atoms with Gasteiger partial charge in [-0.25, -0.2) is 9.97 Å². The highest BCUT2D eigenvalue weighted by Crippen LogP contribution is 2.21. The average molecular weight is 366 g/mol. The standard InChI is InChI=1S/C19H22N6O2/c1-12(2)9-15(18-24-13-5-3-4-6-14(13)25-18)23-17(26)11-22-19(27)16-10-20-7-8-21-16/h3-8,10,12,15H,9,11H2,1-2H3,(H,22,27)(H,23,26)(H,24,25)/t15-/m1/s1. The van der Waals surface area contributed by atoms with Gasteiger partial charge in [0.25, 0.3) is 5.91 Å².